The van der Waals surface area contributed by atoms with Crippen LogP contribution in [-0.2, 0) is 16.3 Å². The van der Waals surface area contributed by atoms with Gasteiger partial charge in [-0.3, -0.25) is 9.20 Å². The number of nitrogens with one attached hydrogen (secondary N) is 1. The van der Waals surface area contributed by atoms with Gasteiger partial charge in [-0.2, -0.15) is 8.78 Å². The lowest BCUT2D eigenvalue weighted by molar-refractivity contribution is -0.0512. The van der Waals surface area contributed by atoms with Crippen LogP contribution in [0, 0.1) is 0 Å². The third-order valence-corrected chi connectivity index (χ3v) is 5.16. The summed E-state index contributed by atoms with van der Waals surface area (Å²) in [6.07, 6.45) is 2.84. The first kappa shape index (κ1) is 21.5. The second-order valence-electron chi connectivity index (χ2n) is 6.34. The molecule has 160 valence electrons. The van der Waals surface area contributed by atoms with Gasteiger partial charge in [-0.25, -0.2) is 13.4 Å². The summed E-state index contributed by atoms with van der Waals surface area (Å²) in [5.41, 5.74) is 0.971. The minimum atomic E-state index is -3.64. The van der Waals surface area contributed by atoms with Gasteiger partial charge in [0.05, 0.1) is 12.6 Å². The summed E-state index contributed by atoms with van der Waals surface area (Å²) in [5.74, 6) is -0.485. The van der Waals surface area contributed by atoms with Gasteiger partial charge in [0.25, 0.3) is 5.91 Å². The fourth-order valence-corrected chi connectivity index (χ4v) is 3.68. The standard InChI is InChI=1S/C19H19F2N3O5S/c1-28-14-7-6-12(11-15(14)29-18(20)21)8-9-22-17(25)16-13-5-3-4-10-24(13)19(23-16)30(2,26)27/h3-7,10-11,18H,8-9H2,1-2H3,(H,22,25). The predicted molar refractivity (Wildman–Crippen MR) is 104 cm³/mol. The number of imidazole rings is 1. The summed E-state index contributed by atoms with van der Waals surface area (Å²) in [5, 5.41) is 2.43. The first-order chi connectivity index (χ1) is 14.2. The van der Waals surface area contributed by atoms with Crippen LogP contribution in [0.1, 0.15) is 16.1 Å². The third-order valence-electron chi connectivity index (χ3n) is 4.21. The maximum absolute atomic E-state index is 12.6. The second kappa shape index (κ2) is 8.66. The lowest BCUT2D eigenvalue weighted by atomic mass is 10.1. The molecule has 0 fully saturated rings. The Morgan fingerprint density at radius 1 is 1.23 bits per heavy atom. The highest BCUT2D eigenvalue weighted by Crippen LogP contribution is 2.29. The molecule has 0 spiro atoms. The van der Waals surface area contributed by atoms with Crippen LogP contribution in [0.25, 0.3) is 5.52 Å². The van der Waals surface area contributed by atoms with Gasteiger partial charge in [0.15, 0.2) is 17.2 Å². The van der Waals surface area contributed by atoms with Gasteiger partial charge < -0.3 is 14.8 Å². The number of hydrogen-bond donors (Lipinski definition) is 1. The van der Waals surface area contributed by atoms with Crippen molar-refractivity contribution in [2.24, 2.45) is 0 Å². The highest BCUT2D eigenvalue weighted by atomic mass is 32.2. The van der Waals surface area contributed by atoms with Crippen LogP contribution >= 0.6 is 0 Å². The largest absolute Gasteiger partial charge is 0.493 e. The maximum atomic E-state index is 12.6. The molecular formula is C19H19F2N3O5S. The number of carbonyl (C=O) groups is 1. The Labute approximate surface area is 171 Å². The normalized spacial score (nSPS) is 11.6. The van der Waals surface area contributed by atoms with Crippen molar-refractivity contribution < 1.29 is 31.5 Å². The van der Waals surface area contributed by atoms with Gasteiger partial charge in [-0.15, -0.1) is 0 Å². The Morgan fingerprint density at radius 3 is 2.67 bits per heavy atom. The molecule has 0 aliphatic rings. The average molecular weight is 439 g/mol. The highest BCUT2D eigenvalue weighted by Gasteiger charge is 2.22. The maximum Gasteiger partial charge on any atom is 0.387 e. The molecular weight excluding hydrogens is 420 g/mol. The number of carbonyl (C=O) groups excluding carboxylic acids is 1. The van der Waals surface area contributed by atoms with E-state index in [1.807, 2.05) is 0 Å². The Balaban J connectivity index is 1.74. The summed E-state index contributed by atoms with van der Waals surface area (Å²) in [6.45, 7) is -2.83. The minimum absolute atomic E-state index is 0.0209. The van der Waals surface area contributed by atoms with E-state index in [0.717, 1.165) is 6.26 Å². The Hall–Kier alpha value is -3.21. The zero-order chi connectivity index (χ0) is 21.9. The Bertz CT molecular complexity index is 1180. The monoisotopic (exact) mass is 439 g/mol. The van der Waals surface area contributed by atoms with Crippen LogP contribution < -0.4 is 14.8 Å². The molecule has 8 nitrogen and oxygen atoms in total. The SMILES string of the molecule is COc1ccc(CCNC(=O)c2nc(S(C)(=O)=O)n3ccccc23)cc1OC(F)F. The van der Waals surface area contributed by atoms with E-state index in [0.29, 0.717) is 17.5 Å². The van der Waals surface area contributed by atoms with E-state index in [-0.39, 0.29) is 28.9 Å². The van der Waals surface area contributed by atoms with Gasteiger partial charge in [-0.1, -0.05) is 12.1 Å². The van der Waals surface area contributed by atoms with Crippen molar-refractivity contribution in [2.75, 3.05) is 19.9 Å². The molecule has 0 bridgehead atoms. The zero-order valence-corrected chi connectivity index (χ0v) is 16.9. The molecule has 1 amide bonds. The summed E-state index contributed by atoms with van der Waals surface area (Å²) in [6, 6.07) is 9.46. The second-order valence-corrected chi connectivity index (χ2v) is 8.25. The van der Waals surface area contributed by atoms with Gasteiger partial charge in [0.2, 0.25) is 15.0 Å². The quantitative estimate of drug-likeness (QED) is 0.578. The van der Waals surface area contributed by atoms with Crippen molar-refractivity contribution in [2.45, 2.75) is 18.2 Å². The van der Waals surface area contributed by atoms with Crippen molar-refractivity contribution in [3.8, 4) is 11.5 Å². The number of rotatable bonds is 8. The first-order valence-electron chi connectivity index (χ1n) is 8.77. The van der Waals surface area contributed by atoms with E-state index in [2.05, 4.69) is 15.0 Å². The topological polar surface area (TPSA) is 99.0 Å². The summed E-state index contributed by atoms with van der Waals surface area (Å²) in [4.78, 5) is 16.6. The number of nitrogens with zero attached hydrogens (tertiary/aromatic N) is 2. The number of hydrogen-bond acceptors (Lipinski definition) is 6. The molecule has 1 aromatic carbocycles. The highest BCUT2D eigenvalue weighted by molar-refractivity contribution is 7.90. The number of amides is 1. The van der Waals surface area contributed by atoms with Crippen LogP contribution in [0.15, 0.2) is 47.8 Å². The first-order valence-corrected chi connectivity index (χ1v) is 10.7. The lowest BCUT2D eigenvalue weighted by Gasteiger charge is -2.11. The van der Waals surface area contributed by atoms with Gasteiger partial charge >= 0.3 is 6.61 Å². The average Bonchev–Trinajstić information content (AvgIpc) is 3.08. The Morgan fingerprint density at radius 2 is 2.00 bits per heavy atom. The van der Waals surface area contributed by atoms with Gasteiger partial charge in [-0.05, 0) is 36.2 Å². The van der Waals surface area contributed by atoms with E-state index in [1.165, 1.54) is 29.8 Å². The van der Waals surface area contributed by atoms with Crippen molar-refractivity contribution in [3.63, 3.8) is 0 Å². The van der Waals surface area contributed by atoms with Crippen LogP contribution in [0.4, 0.5) is 8.78 Å². The fraction of sp³-hybridized carbons (Fsp3) is 0.263. The van der Waals surface area contributed by atoms with Crippen LogP contribution in [-0.4, -0.2) is 50.2 Å². The summed E-state index contributed by atoms with van der Waals surface area (Å²) in [7, 11) is -2.30. The molecule has 0 unspecified atom stereocenters. The molecule has 1 N–H and O–H groups in total. The fourth-order valence-electron chi connectivity index (χ4n) is 2.91. The third kappa shape index (κ3) is 4.67. The van der Waals surface area contributed by atoms with Crippen LogP contribution in [0.5, 0.6) is 11.5 Å². The molecule has 0 saturated heterocycles. The number of halogens is 2. The number of ether oxygens (including phenoxy) is 2. The molecule has 0 aliphatic carbocycles. The molecule has 3 rings (SSSR count). The van der Waals surface area contributed by atoms with Crippen LogP contribution in [0.2, 0.25) is 0 Å². The molecule has 0 radical (unpaired) electrons. The number of aromatic nitrogens is 2. The molecule has 0 saturated carbocycles. The number of pyridine rings is 1. The molecule has 3 aromatic rings. The van der Waals surface area contributed by atoms with Crippen molar-refractivity contribution >= 4 is 21.3 Å². The number of alkyl halides is 2. The molecule has 2 heterocycles. The number of methoxy groups -OCH3 is 1. The van der Waals surface area contributed by atoms with Crippen molar-refractivity contribution in [1.29, 1.82) is 0 Å². The number of benzene rings is 1. The van der Waals surface area contributed by atoms with Crippen LogP contribution in [0.3, 0.4) is 0 Å². The van der Waals surface area contributed by atoms with Crippen molar-refractivity contribution in [3.05, 3.63) is 53.9 Å². The molecule has 2 aromatic heterocycles. The molecule has 0 aliphatic heterocycles. The van der Waals surface area contributed by atoms with E-state index in [9.17, 15) is 22.0 Å². The summed E-state index contributed by atoms with van der Waals surface area (Å²) >= 11 is 0. The zero-order valence-electron chi connectivity index (χ0n) is 16.1. The molecule has 0 atom stereocenters. The van der Waals surface area contributed by atoms with E-state index in [4.69, 9.17) is 4.74 Å². The Kier molecular flexibility index (Phi) is 6.20. The van der Waals surface area contributed by atoms with E-state index < -0.39 is 22.4 Å². The van der Waals surface area contributed by atoms with Gasteiger partial charge in [0.1, 0.15) is 0 Å². The number of sulfone groups is 1. The molecule has 30 heavy (non-hydrogen) atoms. The smallest absolute Gasteiger partial charge is 0.387 e. The van der Waals surface area contributed by atoms with E-state index >= 15 is 0 Å². The lowest BCUT2D eigenvalue weighted by Crippen LogP contribution is -2.26. The summed E-state index contributed by atoms with van der Waals surface area (Å²) < 4.78 is 59.7. The minimum Gasteiger partial charge on any atom is -0.493 e. The molecule has 11 heteroatoms. The number of fused-ring (bicyclic) bond motifs is 1. The van der Waals surface area contributed by atoms with Gasteiger partial charge in [0, 0.05) is 19.0 Å². The predicted octanol–water partition coefficient (Wildman–Crippen LogP) is 2.32. The van der Waals surface area contributed by atoms with Crippen molar-refractivity contribution in [1.82, 2.24) is 14.7 Å². The van der Waals surface area contributed by atoms with E-state index in [1.54, 1.807) is 24.3 Å².